The van der Waals surface area contributed by atoms with Gasteiger partial charge in [0, 0.05) is 13.3 Å². The van der Waals surface area contributed by atoms with Gasteiger partial charge in [0.15, 0.2) is 0 Å². The topological polar surface area (TPSA) is 76.7 Å². The third-order valence-electron chi connectivity index (χ3n) is 2.16. The van der Waals surface area contributed by atoms with Crippen LogP contribution in [0.2, 0.25) is 0 Å². The molecule has 2 N–H and O–H groups in total. The summed E-state index contributed by atoms with van der Waals surface area (Å²) in [6.45, 7) is 8.44. The summed E-state index contributed by atoms with van der Waals surface area (Å²) in [5, 5.41) is 5.48. The van der Waals surface area contributed by atoms with E-state index in [0.717, 1.165) is 6.42 Å². The highest BCUT2D eigenvalue weighted by atomic mass is 33.1. The minimum absolute atomic E-state index is 0.00855. The summed E-state index contributed by atoms with van der Waals surface area (Å²) in [6, 6.07) is 0. The van der Waals surface area contributed by atoms with Gasteiger partial charge in [0.25, 0.3) is 0 Å². The monoisotopic (exact) mass is 362 g/mol. The second-order valence-corrected chi connectivity index (χ2v) is 7.82. The fourth-order valence-electron chi connectivity index (χ4n) is 1.37. The van der Waals surface area contributed by atoms with Gasteiger partial charge in [0.2, 0.25) is 11.8 Å². The van der Waals surface area contributed by atoms with E-state index in [0.29, 0.717) is 25.7 Å². The van der Waals surface area contributed by atoms with Gasteiger partial charge in [-0.1, -0.05) is 34.4 Å². The van der Waals surface area contributed by atoms with Crippen molar-refractivity contribution < 1.29 is 19.1 Å². The minimum Gasteiger partial charge on any atom is -0.369 e. The Morgan fingerprint density at radius 3 is 2.52 bits per heavy atom. The number of carbonyl (C=O) groups is 2. The summed E-state index contributed by atoms with van der Waals surface area (Å²) in [4.78, 5) is 22.0. The molecule has 132 valence electrons. The molecule has 0 aliphatic heterocycles. The average Bonchev–Trinajstić information content (AvgIpc) is 2.45. The van der Waals surface area contributed by atoms with Crippen LogP contribution in [0.4, 0.5) is 0 Å². The van der Waals surface area contributed by atoms with Crippen molar-refractivity contribution in [2.24, 2.45) is 0 Å². The lowest BCUT2D eigenvalue weighted by molar-refractivity contribution is -0.126. The summed E-state index contributed by atoms with van der Waals surface area (Å²) in [5.74, 6) is 5.93. The number of carbonyl (C=O) groups excluding carboxylic acids is 2. The summed E-state index contributed by atoms with van der Waals surface area (Å²) in [7, 11) is 3.04. The molecule has 0 saturated carbocycles. The lowest BCUT2D eigenvalue weighted by atomic mass is 10.4. The largest absolute Gasteiger partial charge is 0.369 e. The smallest absolute Gasteiger partial charge is 0.246 e. The quantitative estimate of drug-likeness (QED) is 0.252. The summed E-state index contributed by atoms with van der Waals surface area (Å²) < 4.78 is 10.6. The van der Waals surface area contributed by atoms with Crippen molar-refractivity contribution in [1.82, 2.24) is 10.6 Å². The normalized spacial score (nSPS) is 10.6. The number of hydrogen-bond acceptors (Lipinski definition) is 6. The summed E-state index contributed by atoms with van der Waals surface area (Å²) in [5.41, 5.74) is 0. The molecule has 0 radical (unpaired) electrons. The van der Waals surface area contributed by atoms with Crippen LogP contribution >= 0.6 is 21.6 Å². The van der Waals surface area contributed by atoms with E-state index in [1.54, 1.807) is 0 Å². The summed E-state index contributed by atoms with van der Waals surface area (Å²) >= 11 is 0. The molecule has 0 aromatic heterocycles. The molecule has 0 rings (SSSR count). The van der Waals surface area contributed by atoms with Gasteiger partial charge in [-0.05, 0) is 13.8 Å². The highest BCUT2D eigenvalue weighted by Gasteiger charge is 2.19. The molecule has 23 heavy (non-hydrogen) atoms. The van der Waals surface area contributed by atoms with Crippen molar-refractivity contribution in [3.63, 3.8) is 0 Å². The van der Waals surface area contributed by atoms with Crippen molar-refractivity contribution in [3.8, 4) is 11.8 Å². The Hall–Kier alpha value is -0.880. The maximum atomic E-state index is 11.4. The molecule has 0 heterocycles. The van der Waals surface area contributed by atoms with E-state index in [-0.39, 0.29) is 23.3 Å². The van der Waals surface area contributed by atoms with Crippen LogP contribution in [0.5, 0.6) is 0 Å². The summed E-state index contributed by atoms with van der Waals surface area (Å²) in [6.07, 6.45) is 0.780. The first-order valence-corrected chi connectivity index (χ1v) is 9.66. The second kappa shape index (κ2) is 13.5. The predicted molar refractivity (Wildman–Crippen MR) is 95.8 cm³/mol. The molecule has 0 aliphatic carbocycles. The van der Waals surface area contributed by atoms with Gasteiger partial charge < -0.3 is 20.1 Å². The molecule has 0 unspecified atom stereocenters. The molecule has 0 atom stereocenters. The van der Waals surface area contributed by atoms with Crippen LogP contribution in [-0.2, 0) is 19.1 Å². The molecule has 0 aromatic rings. The second-order valence-electron chi connectivity index (χ2n) is 4.96. The lowest BCUT2D eigenvalue weighted by Crippen LogP contribution is -2.38. The molecular formula is C15H26N2O4S2. The average molecular weight is 363 g/mol. The van der Waals surface area contributed by atoms with Gasteiger partial charge >= 0.3 is 0 Å². The Morgan fingerprint density at radius 2 is 1.87 bits per heavy atom. The molecule has 0 aliphatic rings. The van der Waals surface area contributed by atoms with E-state index in [2.05, 4.69) is 22.5 Å². The van der Waals surface area contributed by atoms with E-state index in [4.69, 9.17) is 9.47 Å². The number of amides is 2. The highest BCUT2D eigenvalue weighted by Crippen LogP contribution is 2.33. The lowest BCUT2D eigenvalue weighted by Gasteiger charge is -2.23. The molecule has 0 fully saturated rings. The Morgan fingerprint density at radius 1 is 1.17 bits per heavy atom. The standard InChI is InChI=1S/C15H26N2O4S2/c1-5-6-7-8-16-14(19)11-20-9-10-21-12-22-23-15(3,4)17-13(2)18/h5,8-12H2,1-4H3,(H,16,19)(H,17,18). The van der Waals surface area contributed by atoms with Crippen molar-refractivity contribution >= 4 is 33.4 Å². The Kier molecular flexibility index (Phi) is 13.0. The van der Waals surface area contributed by atoms with Crippen molar-refractivity contribution in [3.05, 3.63) is 0 Å². The van der Waals surface area contributed by atoms with E-state index < -0.39 is 0 Å². The maximum Gasteiger partial charge on any atom is 0.246 e. The van der Waals surface area contributed by atoms with Crippen LogP contribution in [0.3, 0.4) is 0 Å². The first kappa shape index (κ1) is 22.1. The van der Waals surface area contributed by atoms with Crippen molar-refractivity contribution in [2.45, 2.75) is 39.0 Å². The van der Waals surface area contributed by atoms with Crippen LogP contribution in [0.15, 0.2) is 0 Å². The van der Waals surface area contributed by atoms with Crippen LogP contribution in [0.25, 0.3) is 0 Å². The molecule has 0 spiro atoms. The van der Waals surface area contributed by atoms with Crippen LogP contribution < -0.4 is 10.6 Å². The predicted octanol–water partition coefficient (Wildman–Crippen LogP) is 1.76. The number of rotatable bonds is 11. The Balaban J connectivity index is 3.46. The molecule has 0 aromatic carbocycles. The molecule has 0 bridgehead atoms. The van der Waals surface area contributed by atoms with Gasteiger partial charge in [0.1, 0.15) is 12.5 Å². The Bertz CT molecular complexity index is 419. The van der Waals surface area contributed by atoms with Crippen LogP contribution in [0, 0.1) is 11.8 Å². The number of nitrogens with one attached hydrogen (secondary N) is 2. The van der Waals surface area contributed by atoms with Crippen molar-refractivity contribution in [2.75, 3.05) is 32.3 Å². The Labute approximate surface area is 146 Å². The van der Waals surface area contributed by atoms with E-state index >= 15 is 0 Å². The zero-order valence-corrected chi connectivity index (χ0v) is 15.8. The molecule has 2 amide bonds. The van der Waals surface area contributed by atoms with E-state index in [9.17, 15) is 9.59 Å². The third kappa shape index (κ3) is 15.8. The fraction of sp³-hybridized carbons (Fsp3) is 0.733. The first-order valence-electron chi connectivity index (χ1n) is 7.34. The molecule has 6 nitrogen and oxygen atoms in total. The van der Waals surface area contributed by atoms with E-state index in [1.807, 2.05) is 20.8 Å². The van der Waals surface area contributed by atoms with Gasteiger partial charge in [-0.15, -0.1) is 5.92 Å². The number of ether oxygens (including phenoxy) is 2. The van der Waals surface area contributed by atoms with E-state index in [1.165, 1.54) is 28.5 Å². The maximum absolute atomic E-state index is 11.4. The molecule has 0 saturated heterocycles. The fourth-order valence-corrected chi connectivity index (χ4v) is 3.44. The zero-order chi connectivity index (χ0) is 17.6. The number of hydrogen-bond donors (Lipinski definition) is 2. The highest BCUT2D eigenvalue weighted by molar-refractivity contribution is 8.77. The van der Waals surface area contributed by atoms with Gasteiger partial charge in [-0.3, -0.25) is 9.59 Å². The minimum atomic E-state index is -0.338. The van der Waals surface area contributed by atoms with Crippen molar-refractivity contribution in [1.29, 1.82) is 0 Å². The zero-order valence-electron chi connectivity index (χ0n) is 14.2. The molecular weight excluding hydrogens is 336 g/mol. The van der Waals surface area contributed by atoms with Crippen LogP contribution in [0.1, 0.15) is 34.1 Å². The third-order valence-corrected chi connectivity index (χ3v) is 4.95. The van der Waals surface area contributed by atoms with Gasteiger partial charge in [0.05, 0.1) is 24.6 Å². The van der Waals surface area contributed by atoms with Gasteiger partial charge in [-0.25, -0.2) is 0 Å². The first-order chi connectivity index (χ1) is 10.9. The van der Waals surface area contributed by atoms with Gasteiger partial charge in [-0.2, -0.15) is 0 Å². The SMILES string of the molecule is CCC#CCNC(=O)COCCOCSSC(C)(C)NC(C)=O. The molecule has 8 heteroatoms. The van der Waals surface area contributed by atoms with Crippen LogP contribution in [-0.4, -0.2) is 49.0 Å².